The summed E-state index contributed by atoms with van der Waals surface area (Å²) >= 11 is 0. The Labute approximate surface area is 168 Å². The van der Waals surface area contributed by atoms with E-state index in [4.69, 9.17) is 4.74 Å². The molecule has 2 atom stereocenters. The summed E-state index contributed by atoms with van der Waals surface area (Å²) in [5.41, 5.74) is 2.85. The van der Waals surface area contributed by atoms with Crippen molar-refractivity contribution in [2.45, 2.75) is 25.8 Å². The number of halogens is 1. The fraction of sp³-hybridized carbons (Fsp3) is 0.632. The molecular weight excluding hydrogens is 427 g/mol. The van der Waals surface area contributed by atoms with Crippen LogP contribution in [-0.2, 0) is 11.2 Å². The van der Waals surface area contributed by atoms with Crippen molar-refractivity contribution >= 4 is 35.6 Å². The molecule has 1 aromatic rings. The largest absolute Gasteiger partial charge is 0.381 e. The predicted octanol–water partition coefficient (Wildman–Crippen LogP) is 2.60. The van der Waals surface area contributed by atoms with Crippen LogP contribution in [0.1, 0.15) is 18.9 Å². The van der Waals surface area contributed by atoms with Crippen LogP contribution in [0, 0.1) is 5.92 Å². The molecule has 25 heavy (non-hydrogen) atoms. The molecule has 2 aliphatic rings. The van der Waals surface area contributed by atoms with E-state index in [0.29, 0.717) is 12.0 Å². The van der Waals surface area contributed by atoms with Crippen molar-refractivity contribution < 1.29 is 4.74 Å². The first-order valence-electron chi connectivity index (χ1n) is 9.03. The molecule has 1 fully saturated rings. The van der Waals surface area contributed by atoms with E-state index < -0.39 is 0 Å². The van der Waals surface area contributed by atoms with Gasteiger partial charge in [-0.05, 0) is 31.4 Å². The van der Waals surface area contributed by atoms with E-state index in [0.717, 1.165) is 51.6 Å². The number of rotatable bonds is 5. The number of hydrogen-bond donors (Lipinski definition) is 1. The maximum absolute atomic E-state index is 5.48. The van der Waals surface area contributed by atoms with Crippen LogP contribution >= 0.6 is 24.0 Å². The summed E-state index contributed by atoms with van der Waals surface area (Å²) in [6.07, 6.45) is 2.30. The van der Waals surface area contributed by atoms with Gasteiger partial charge in [-0.25, -0.2) is 0 Å². The molecule has 2 heterocycles. The SMILES string of the molecule is CN=C(NCC(C)N1CCc2ccccc21)N(C)CC1CCOC1.I. The van der Waals surface area contributed by atoms with Crippen molar-refractivity contribution in [3.63, 3.8) is 0 Å². The summed E-state index contributed by atoms with van der Waals surface area (Å²) in [7, 11) is 3.98. The van der Waals surface area contributed by atoms with E-state index in [1.165, 1.54) is 11.3 Å². The zero-order valence-corrected chi connectivity index (χ0v) is 17.9. The Hall–Kier alpha value is -1.02. The van der Waals surface area contributed by atoms with Gasteiger partial charge in [-0.15, -0.1) is 24.0 Å². The van der Waals surface area contributed by atoms with Crippen molar-refractivity contribution in [1.29, 1.82) is 0 Å². The molecule has 0 radical (unpaired) electrons. The average Bonchev–Trinajstić information content (AvgIpc) is 3.24. The van der Waals surface area contributed by atoms with Crippen LogP contribution < -0.4 is 10.2 Å². The first-order valence-corrected chi connectivity index (χ1v) is 9.03. The summed E-state index contributed by atoms with van der Waals surface area (Å²) in [5.74, 6) is 1.60. The zero-order valence-electron chi connectivity index (χ0n) is 15.6. The molecule has 140 valence electrons. The summed E-state index contributed by atoms with van der Waals surface area (Å²) in [5, 5.41) is 3.54. The lowest BCUT2D eigenvalue weighted by Crippen LogP contribution is -2.47. The first-order chi connectivity index (χ1) is 11.7. The monoisotopic (exact) mass is 458 g/mol. The third kappa shape index (κ3) is 5.00. The molecule has 0 aromatic heterocycles. The Morgan fingerprint density at radius 1 is 1.44 bits per heavy atom. The van der Waals surface area contributed by atoms with Crippen molar-refractivity contribution in [3.8, 4) is 0 Å². The average molecular weight is 458 g/mol. The second-order valence-corrected chi connectivity index (χ2v) is 6.96. The van der Waals surface area contributed by atoms with Gasteiger partial charge in [0.2, 0.25) is 0 Å². The predicted molar refractivity (Wildman–Crippen MR) is 115 cm³/mol. The van der Waals surface area contributed by atoms with Crippen LogP contribution in [-0.4, -0.2) is 63.8 Å². The summed E-state index contributed by atoms with van der Waals surface area (Å²) in [6.45, 7) is 7.06. The van der Waals surface area contributed by atoms with Crippen molar-refractivity contribution in [3.05, 3.63) is 29.8 Å². The van der Waals surface area contributed by atoms with Crippen LogP contribution in [0.4, 0.5) is 5.69 Å². The Morgan fingerprint density at radius 2 is 2.24 bits per heavy atom. The molecule has 2 aliphatic heterocycles. The number of aliphatic imine (C=N–C) groups is 1. The normalized spacial score (nSPS) is 20.8. The minimum Gasteiger partial charge on any atom is -0.381 e. The lowest BCUT2D eigenvalue weighted by molar-refractivity contribution is 0.181. The number of anilines is 1. The van der Waals surface area contributed by atoms with E-state index in [9.17, 15) is 0 Å². The molecular formula is C19H31IN4O. The highest BCUT2D eigenvalue weighted by molar-refractivity contribution is 14.0. The maximum atomic E-state index is 5.48. The third-order valence-electron chi connectivity index (χ3n) is 5.14. The van der Waals surface area contributed by atoms with E-state index >= 15 is 0 Å². The van der Waals surface area contributed by atoms with Crippen molar-refractivity contribution in [2.75, 3.05) is 51.8 Å². The van der Waals surface area contributed by atoms with Crippen LogP contribution in [0.25, 0.3) is 0 Å². The fourth-order valence-electron chi connectivity index (χ4n) is 3.76. The molecule has 0 saturated carbocycles. The summed E-state index contributed by atoms with van der Waals surface area (Å²) in [6, 6.07) is 9.18. The number of nitrogens with zero attached hydrogens (tertiary/aromatic N) is 3. The zero-order chi connectivity index (χ0) is 16.9. The van der Waals surface area contributed by atoms with Gasteiger partial charge < -0.3 is 19.9 Å². The molecule has 1 saturated heterocycles. The van der Waals surface area contributed by atoms with Gasteiger partial charge >= 0.3 is 0 Å². The molecule has 0 spiro atoms. The second kappa shape index (κ2) is 9.62. The van der Waals surface area contributed by atoms with Gasteiger partial charge in [0.15, 0.2) is 5.96 Å². The molecule has 5 nitrogen and oxygen atoms in total. The van der Waals surface area contributed by atoms with Crippen LogP contribution in [0.3, 0.4) is 0 Å². The molecule has 6 heteroatoms. The Bertz CT molecular complexity index is 574. The number of para-hydroxylation sites is 1. The Morgan fingerprint density at radius 3 is 2.96 bits per heavy atom. The minimum atomic E-state index is 0. The lowest BCUT2D eigenvalue weighted by Gasteiger charge is -2.30. The molecule has 3 rings (SSSR count). The van der Waals surface area contributed by atoms with Gasteiger partial charge in [0.05, 0.1) is 6.61 Å². The standard InChI is InChI=1S/C19H30N4O.HI/c1-15(23-10-8-17-6-4-5-7-18(17)23)12-21-19(20-2)22(3)13-16-9-11-24-14-16;/h4-7,15-16H,8-14H2,1-3H3,(H,20,21);1H. The van der Waals surface area contributed by atoms with Gasteiger partial charge in [-0.3, -0.25) is 4.99 Å². The van der Waals surface area contributed by atoms with E-state index in [-0.39, 0.29) is 24.0 Å². The van der Waals surface area contributed by atoms with Gasteiger partial charge in [0, 0.05) is 58.0 Å². The topological polar surface area (TPSA) is 40.1 Å². The number of fused-ring (bicyclic) bond motifs is 1. The van der Waals surface area contributed by atoms with Crippen LogP contribution in [0.2, 0.25) is 0 Å². The number of benzene rings is 1. The molecule has 0 aliphatic carbocycles. The highest BCUT2D eigenvalue weighted by Crippen LogP contribution is 2.28. The maximum Gasteiger partial charge on any atom is 0.193 e. The Kier molecular flexibility index (Phi) is 7.81. The van der Waals surface area contributed by atoms with Crippen LogP contribution in [0.15, 0.2) is 29.3 Å². The van der Waals surface area contributed by atoms with Gasteiger partial charge in [-0.2, -0.15) is 0 Å². The first kappa shape index (κ1) is 20.3. The van der Waals surface area contributed by atoms with Crippen molar-refractivity contribution in [1.82, 2.24) is 10.2 Å². The van der Waals surface area contributed by atoms with Gasteiger partial charge in [0.25, 0.3) is 0 Å². The molecule has 0 bridgehead atoms. The minimum absolute atomic E-state index is 0. The highest BCUT2D eigenvalue weighted by atomic mass is 127. The molecule has 0 amide bonds. The quantitative estimate of drug-likeness (QED) is 0.419. The number of guanidine groups is 1. The number of nitrogens with one attached hydrogen (secondary N) is 1. The smallest absolute Gasteiger partial charge is 0.193 e. The third-order valence-corrected chi connectivity index (χ3v) is 5.14. The molecule has 1 N–H and O–H groups in total. The molecule has 1 aromatic carbocycles. The summed E-state index contributed by atoms with van der Waals surface area (Å²) < 4.78 is 5.48. The van der Waals surface area contributed by atoms with Crippen LogP contribution in [0.5, 0.6) is 0 Å². The summed E-state index contributed by atoms with van der Waals surface area (Å²) in [4.78, 5) is 9.17. The fourth-order valence-corrected chi connectivity index (χ4v) is 3.76. The Balaban J connectivity index is 0.00000225. The highest BCUT2D eigenvalue weighted by Gasteiger charge is 2.24. The molecule has 2 unspecified atom stereocenters. The van der Waals surface area contributed by atoms with Gasteiger partial charge in [-0.1, -0.05) is 18.2 Å². The number of hydrogen-bond acceptors (Lipinski definition) is 3. The number of ether oxygens (including phenoxy) is 1. The second-order valence-electron chi connectivity index (χ2n) is 6.96. The van der Waals surface area contributed by atoms with Crippen molar-refractivity contribution in [2.24, 2.45) is 10.9 Å². The van der Waals surface area contributed by atoms with E-state index in [1.54, 1.807) is 0 Å². The van der Waals surface area contributed by atoms with E-state index in [2.05, 4.69) is 58.3 Å². The van der Waals surface area contributed by atoms with E-state index in [1.807, 2.05) is 7.05 Å². The van der Waals surface area contributed by atoms with Gasteiger partial charge in [0.1, 0.15) is 0 Å². The lowest BCUT2D eigenvalue weighted by atomic mass is 10.1.